The standard InChI is InChI=1S/C14H19N3O2/c1-9(14(18)19)16(3)8-11-5-6-13-12(7-11)15-10(2)17(13)4/h5-7,9H,8H2,1-4H3,(H,18,19). The van der Waals surface area contributed by atoms with E-state index in [1.54, 1.807) is 11.8 Å². The number of carboxylic acids is 1. The van der Waals surface area contributed by atoms with Gasteiger partial charge in [-0.25, -0.2) is 4.98 Å². The number of likely N-dealkylation sites (N-methyl/N-ethyl adjacent to an activating group) is 1. The molecule has 0 saturated carbocycles. The van der Waals surface area contributed by atoms with Crippen LogP contribution in [0.3, 0.4) is 0 Å². The molecule has 1 unspecified atom stereocenters. The Bertz CT molecular complexity index is 618. The molecule has 2 aromatic rings. The lowest BCUT2D eigenvalue weighted by atomic mass is 10.1. The topological polar surface area (TPSA) is 58.4 Å². The van der Waals surface area contributed by atoms with Crippen LogP contribution in [0, 0.1) is 6.92 Å². The van der Waals surface area contributed by atoms with E-state index >= 15 is 0 Å². The first-order valence-electron chi connectivity index (χ1n) is 6.25. The minimum atomic E-state index is -0.808. The van der Waals surface area contributed by atoms with E-state index < -0.39 is 12.0 Å². The van der Waals surface area contributed by atoms with Crippen LogP contribution in [0.4, 0.5) is 0 Å². The van der Waals surface area contributed by atoms with E-state index in [1.807, 2.05) is 43.8 Å². The van der Waals surface area contributed by atoms with Gasteiger partial charge in [-0.05, 0) is 38.6 Å². The molecule has 5 nitrogen and oxygen atoms in total. The van der Waals surface area contributed by atoms with Gasteiger partial charge in [0.2, 0.25) is 0 Å². The van der Waals surface area contributed by atoms with Crippen LogP contribution in [0.5, 0.6) is 0 Å². The SMILES string of the molecule is Cc1nc2cc(CN(C)C(C)C(=O)O)ccc2n1C. The van der Waals surface area contributed by atoms with E-state index in [-0.39, 0.29) is 0 Å². The van der Waals surface area contributed by atoms with Crippen molar-refractivity contribution in [1.82, 2.24) is 14.5 Å². The summed E-state index contributed by atoms with van der Waals surface area (Å²) in [5.41, 5.74) is 3.12. The Morgan fingerprint density at radius 3 is 2.84 bits per heavy atom. The summed E-state index contributed by atoms with van der Waals surface area (Å²) in [7, 11) is 3.80. The Labute approximate surface area is 112 Å². The molecule has 0 spiro atoms. The lowest BCUT2D eigenvalue weighted by Crippen LogP contribution is -2.35. The van der Waals surface area contributed by atoms with Crippen molar-refractivity contribution < 1.29 is 9.90 Å². The largest absolute Gasteiger partial charge is 0.480 e. The van der Waals surface area contributed by atoms with Crippen molar-refractivity contribution in [3.8, 4) is 0 Å². The molecule has 2 rings (SSSR count). The number of carbonyl (C=O) groups is 1. The summed E-state index contributed by atoms with van der Waals surface area (Å²) in [6.45, 7) is 4.25. The number of imidazole rings is 1. The predicted octanol–water partition coefficient (Wildman–Crippen LogP) is 1.79. The molecule has 1 heterocycles. The van der Waals surface area contributed by atoms with Gasteiger partial charge in [0, 0.05) is 13.6 Å². The Morgan fingerprint density at radius 1 is 1.53 bits per heavy atom. The van der Waals surface area contributed by atoms with Gasteiger partial charge in [0.25, 0.3) is 0 Å². The minimum absolute atomic E-state index is 0.499. The van der Waals surface area contributed by atoms with Crippen LogP contribution in [0.15, 0.2) is 18.2 Å². The summed E-state index contributed by atoms with van der Waals surface area (Å²) in [4.78, 5) is 17.2. The van der Waals surface area contributed by atoms with Gasteiger partial charge in [-0.1, -0.05) is 6.07 Å². The number of hydrogen-bond donors (Lipinski definition) is 1. The van der Waals surface area contributed by atoms with Crippen molar-refractivity contribution in [2.24, 2.45) is 7.05 Å². The number of fused-ring (bicyclic) bond motifs is 1. The molecule has 1 aromatic heterocycles. The molecule has 102 valence electrons. The van der Waals surface area contributed by atoms with Crippen LogP contribution >= 0.6 is 0 Å². The zero-order valence-electron chi connectivity index (χ0n) is 11.7. The second kappa shape index (κ2) is 5.01. The van der Waals surface area contributed by atoms with Gasteiger partial charge in [0.1, 0.15) is 11.9 Å². The third-order valence-electron chi connectivity index (χ3n) is 3.62. The number of aliphatic carboxylic acids is 1. The summed E-state index contributed by atoms with van der Waals surface area (Å²) in [5.74, 6) is 0.164. The van der Waals surface area contributed by atoms with Gasteiger partial charge in [-0.15, -0.1) is 0 Å². The molecule has 0 aliphatic carbocycles. The van der Waals surface area contributed by atoms with E-state index in [4.69, 9.17) is 5.11 Å². The first-order valence-corrected chi connectivity index (χ1v) is 6.25. The lowest BCUT2D eigenvalue weighted by molar-refractivity contribution is -0.142. The number of rotatable bonds is 4. The van der Waals surface area contributed by atoms with Crippen molar-refractivity contribution in [1.29, 1.82) is 0 Å². The third-order valence-corrected chi connectivity index (χ3v) is 3.62. The van der Waals surface area contributed by atoms with E-state index in [0.717, 1.165) is 22.4 Å². The first-order chi connectivity index (χ1) is 8.90. The molecule has 0 aliphatic heterocycles. The number of carboxylic acid groups (broad SMARTS) is 1. The molecule has 1 N–H and O–H groups in total. The number of aryl methyl sites for hydroxylation is 2. The van der Waals surface area contributed by atoms with Crippen molar-refractivity contribution >= 4 is 17.0 Å². The van der Waals surface area contributed by atoms with Crippen LogP contribution < -0.4 is 0 Å². The van der Waals surface area contributed by atoms with Crippen molar-refractivity contribution in [2.75, 3.05) is 7.05 Å². The molecular weight excluding hydrogens is 242 g/mol. The molecule has 0 bridgehead atoms. The van der Waals surface area contributed by atoms with Gasteiger partial charge in [-0.3, -0.25) is 9.69 Å². The van der Waals surface area contributed by atoms with E-state index in [0.29, 0.717) is 6.54 Å². The summed E-state index contributed by atoms with van der Waals surface area (Å²) >= 11 is 0. The average Bonchev–Trinajstić information content (AvgIpc) is 2.63. The molecule has 0 radical (unpaired) electrons. The van der Waals surface area contributed by atoms with Gasteiger partial charge in [-0.2, -0.15) is 0 Å². The smallest absolute Gasteiger partial charge is 0.320 e. The molecule has 19 heavy (non-hydrogen) atoms. The zero-order valence-corrected chi connectivity index (χ0v) is 11.7. The van der Waals surface area contributed by atoms with Crippen molar-refractivity contribution in [3.63, 3.8) is 0 Å². The predicted molar refractivity (Wildman–Crippen MR) is 74.0 cm³/mol. The average molecular weight is 261 g/mol. The van der Waals surface area contributed by atoms with Crippen LogP contribution in [-0.4, -0.2) is 38.6 Å². The van der Waals surface area contributed by atoms with Gasteiger partial charge in [0.15, 0.2) is 0 Å². The fourth-order valence-corrected chi connectivity index (χ4v) is 2.08. The highest BCUT2D eigenvalue weighted by molar-refractivity contribution is 5.77. The fraction of sp³-hybridized carbons (Fsp3) is 0.429. The van der Waals surface area contributed by atoms with Crippen LogP contribution in [-0.2, 0) is 18.4 Å². The number of aromatic nitrogens is 2. The molecule has 1 atom stereocenters. The Balaban J connectivity index is 2.24. The number of benzene rings is 1. The molecule has 0 amide bonds. The zero-order chi connectivity index (χ0) is 14.2. The Hall–Kier alpha value is -1.88. The van der Waals surface area contributed by atoms with Gasteiger partial charge >= 0.3 is 5.97 Å². The van der Waals surface area contributed by atoms with E-state index in [2.05, 4.69) is 4.98 Å². The second-order valence-corrected chi connectivity index (χ2v) is 4.97. The molecule has 0 fully saturated rings. The number of hydrogen-bond acceptors (Lipinski definition) is 3. The molecular formula is C14H19N3O2. The number of nitrogens with zero attached hydrogens (tertiary/aromatic N) is 3. The maximum absolute atomic E-state index is 10.9. The monoisotopic (exact) mass is 261 g/mol. The van der Waals surface area contributed by atoms with Gasteiger partial charge < -0.3 is 9.67 Å². The molecule has 0 aliphatic rings. The van der Waals surface area contributed by atoms with Crippen molar-refractivity contribution in [3.05, 3.63) is 29.6 Å². The summed E-state index contributed by atoms with van der Waals surface area (Å²) < 4.78 is 2.04. The fourth-order valence-electron chi connectivity index (χ4n) is 2.08. The summed E-state index contributed by atoms with van der Waals surface area (Å²) in [5, 5.41) is 8.98. The first kappa shape index (κ1) is 13.5. The molecule has 1 aromatic carbocycles. The van der Waals surface area contributed by atoms with Gasteiger partial charge in [0.05, 0.1) is 11.0 Å². The van der Waals surface area contributed by atoms with Crippen molar-refractivity contribution in [2.45, 2.75) is 26.4 Å². The quantitative estimate of drug-likeness (QED) is 0.911. The maximum Gasteiger partial charge on any atom is 0.320 e. The Morgan fingerprint density at radius 2 is 2.21 bits per heavy atom. The summed E-state index contributed by atoms with van der Waals surface area (Å²) in [6.07, 6.45) is 0. The molecule has 0 saturated heterocycles. The van der Waals surface area contributed by atoms with Crippen LogP contribution in [0.1, 0.15) is 18.3 Å². The lowest BCUT2D eigenvalue weighted by Gasteiger charge is -2.20. The highest BCUT2D eigenvalue weighted by Gasteiger charge is 2.17. The van der Waals surface area contributed by atoms with E-state index in [1.165, 1.54) is 0 Å². The Kier molecular flexibility index (Phi) is 3.57. The highest BCUT2D eigenvalue weighted by atomic mass is 16.4. The summed E-state index contributed by atoms with van der Waals surface area (Å²) in [6, 6.07) is 5.58. The minimum Gasteiger partial charge on any atom is -0.480 e. The van der Waals surface area contributed by atoms with Crippen LogP contribution in [0.2, 0.25) is 0 Å². The maximum atomic E-state index is 10.9. The molecule has 5 heteroatoms. The normalized spacial score (nSPS) is 13.1. The second-order valence-electron chi connectivity index (χ2n) is 4.97. The third kappa shape index (κ3) is 2.61. The highest BCUT2D eigenvalue weighted by Crippen LogP contribution is 2.17. The van der Waals surface area contributed by atoms with Crippen LogP contribution in [0.25, 0.3) is 11.0 Å². The van der Waals surface area contributed by atoms with E-state index in [9.17, 15) is 4.79 Å².